The lowest BCUT2D eigenvalue weighted by atomic mass is 10.2. The van der Waals surface area contributed by atoms with Crippen molar-refractivity contribution >= 4 is 41.1 Å². The monoisotopic (exact) mass is 320 g/mol. The van der Waals surface area contributed by atoms with Gasteiger partial charge in [0.15, 0.2) is 0 Å². The number of nitrogens with one attached hydrogen (secondary N) is 2. The SMILES string of the molecule is CSCC[C@H](NC(=O)Nc1ccc(Cl)c(F)c1)C(=O)O. The molecule has 3 N–H and O–H groups in total. The molecule has 5 nitrogen and oxygen atoms in total. The van der Waals surface area contributed by atoms with Gasteiger partial charge in [-0.3, -0.25) is 0 Å². The second kappa shape index (κ2) is 7.96. The van der Waals surface area contributed by atoms with Crippen molar-refractivity contribution in [1.82, 2.24) is 5.32 Å². The van der Waals surface area contributed by atoms with E-state index in [4.69, 9.17) is 16.7 Å². The van der Waals surface area contributed by atoms with Gasteiger partial charge in [0.1, 0.15) is 11.9 Å². The molecule has 0 aliphatic carbocycles. The number of rotatable bonds is 6. The highest BCUT2D eigenvalue weighted by atomic mass is 35.5. The molecule has 0 bridgehead atoms. The molecule has 0 aliphatic rings. The van der Waals surface area contributed by atoms with Crippen LogP contribution in [0.25, 0.3) is 0 Å². The number of urea groups is 1. The zero-order valence-corrected chi connectivity index (χ0v) is 12.2. The van der Waals surface area contributed by atoms with Crippen LogP contribution in [0.5, 0.6) is 0 Å². The minimum Gasteiger partial charge on any atom is -0.480 e. The lowest BCUT2D eigenvalue weighted by molar-refractivity contribution is -0.139. The first-order valence-electron chi connectivity index (χ1n) is 5.68. The van der Waals surface area contributed by atoms with E-state index in [2.05, 4.69) is 10.6 Å². The van der Waals surface area contributed by atoms with Crippen LogP contribution in [-0.2, 0) is 4.79 Å². The molecular formula is C12H14ClFN2O3S. The maximum Gasteiger partial charge on any atom is 0.326 e. The van der Waals surface area contributed by atoms with Crippen molar-refractivity contribution < 1.29 is 19.1 Å². The minimum atomic E-state index is -1.11. The van der Waals surface area contributed by atoms with E-state index in [-0.39, 0.29) is 10.7 Å². The molecule has 0 spiro atoms. The second-order valence-electron chi connectivity index (χ2n) is 3.90. The molecule has 8 heteroatoms. The van der Waals surface area contributed by atoms with Crippen molar-refractivity contribution in [2.75, 3.05) is 17.3 Å². The van der Waals surface area contributed by atoms with Crippen molar-refractivity contribution in [1.29, 1.82) is 0 Å². The van der Waals surface area contributed by atoms with E-state index < -0.39 is 23.9 Å². The number of anilines is 1. The standard InChI is InChI=1S/C12H14ClFN2O3S/c1-20-5-4-10(11(17)18)16-12(19)15-7-2-3-8(13)9(14)6-7/h2-3,6,10H,4-5H2,1H3,(H,17,18)(H2,15,16,19)/t10-/m0/s1. The smallest absolute Gasteiger partial charge is 0.326 e. The van der Waals surface area contributed by atoms with Crippen molar-refractivity contribution in [2.24, 2.45) is 0 Å². The van der Waals surface area contributed by atoms with Gasteiger partial charge >= 0.3 is 12.0 Å². The second-order valence-corrected chi connectivity index (χ2v) is 5.29. The topological polar surface area (TPSA) is 78.4 Å². The van der Waals surface area contributed by atoms with Gasteiger partial charge in [-0.25, -0.2) is 14.0 Å². The van der Waals surface area contributed by atoms with Gasteiger partial charge in [0.05, 0.1) is 5.02 Å². The minimum absolute atomic E-state index is 0.0562. The van der Waals surface area contributed by atoms with E-state index >= 15 is 0 Å². The first kappa shape index (κ1) is 16.6. The Morgan fingerprint density at radius 3 is 2.75 bits per heavy atom. The van der Waals surface area contributed by atoms with Crippen LogP contribution >= 0.6 is 23.4 Å². The van der Waals surface area contributed by atoms with Gasteiger partial charge in [0.25, 0.3) is 0 Å². The first-order valence-corrected chi connectivity index (χ1v) is 7.45. The van der Waals surface area contributed by atoms with E-state index in [1.807, 2.05) is 6.26 Å². The highest BCUT2D eigenvalue weighted by molar-refractivity contribution is 7.98. The van der Waals surface area contributed by atoms with E-state index in [9.17, 15) is 14.0 Å². The van der Waals surface area contributed by atoms with E-state index in [0.717, 1.165) is 6.07 Å². The van der Waals surface area contributed by atoms with Gasteiger partial charge in [-0.2, -0.15) is 11.8 Å². The predicted octanol–water partition coefficient (Wildman–Crippen LogP) is 2.81. The molecule has 0 heterocycles. The summed E-state index contributed by atoms with van der Waals surface area (Å²) in [6, 6.07) is 2.08. The summed E-state index contributed by atoms with van der Waals surface area (Å²) in [4.78, 5) is 22.6. The molecule has 1 atom stereocenters. The van der Waals surface area contributed by atoms with Crippen LogP contribution in [0.3, 0.4) is 0 Å². The molecule has 0 saturated heterocycles. The first-order chi connectivity index (χ1) is 9.43. The summed E-state index contributed by atoms with van der Waals surface area (Å²) >= 11 is 7.00. The summed E-state index contributed by atoms with van der Waals surface area (Å²) in [6.45, 7) is 0. The summed E-state index contributed by atoms with van der Waals surface area (Å²) < 4.78 is 13.2. The molecule has 20 heavy (non-hydrogen) atoms. The average Bonchev–Trinajstić information content (AvgIpc) is 2.38. The maximum atomic E-state index is 13.2. The molecule has 0 fully saturated rings. The highest BCUT2D eigenvalue weighted by Gasteiger charge is 2.19. The largest absolute Gasteiger partial charge is 0.480 e. The van der Waals surface area contributed by atoms with Crippen LogP contribution in [0.1, 0.15) is 6.42 Å². The number of carbonyl (C=O) groups excluding carboxylic acids is 1. The summed E-state index contributed by atoms with van der Waals surface area (Å²) in [5.41, 5.74) is 0.193. The summed E-state index contributed by atoms with van der Waals surface area (Å²) in [5, 5.41) is 13.6. The number of amides is 2. The molecule has 0 aromatic heterocycles. The number of halogens is 2. The molecule has 2 amide bonds. The fourth-order valence-corrected chi connectivity index (χ4v) is 1.98. The van der Waals surface area contributed by atoms with Gasteiger partial charge in [-0.05, 0) is 36.6 Å². The number of carbonyl (C=O) groups is 2. The number of carboxylic acid groups (broad SMARTS) is 1. The molecule has 0 saturated carbocycles. The molecule has 1 aromatic rings. The van der Waals surface area contributed by atoms with E-state index in [0.29, 0.717) is 12.2 Å². The number of hydrogen-bond donors (Lipinski definition) is 3. The predicted molar refractivity (Wildman–Crippen MR) is 78.0 cm³/mol. The lowest BCUT2D eigenvalue weighted by Gasteiger charge is -2.14. The third kappa shape index (κ3) is 5.26. The fraction of sp³-hybridized carbons (Fsp3) is 0.333. The molecule has 0 radical (unpaired) electrons. The Kier molecular flexibility index (Phi) is 6.60. The Morgan fingerprint density at radius 2 is 2.20 bits per heavy atom. The van der Waals surface area contributed by atoms with Gasteiger partial charge < -0.3 is 15.7 Å². The summed E-state index contributed by atoms with van der Waals surface area (Å²) in [5.74, 6) is -1.18. The van der Waals surface area contributed by atoms with Crippen molar-refractivity contribution in [3.63, 3.8) is 0 Å². The number of hydrogen-bond acceptors (Lipinski definition) is 3. The van der Waals surface area contributed by atoms with Gasteiger partial charge in [-0.1, -0.05) is 11.6 Å². The Bertz CT molecular complexity index is 502. The third-order valence-electron chi connectivity index (χ3n) is 2.39. The normalized spacial score (nSPS) is 11.8. The molecular weight excluding hydrogens is 307 g/mol. The van der Waals surface area contributed by atoms with Gasteiger partial charge in [0.2, 0.25) is 0 Å². The number of benzene rings is 1. The van der Waals surface area contributed by atoms with Crippen molar-refractivity contribution in [3.05, 3.63) is 29.0 Å². The van der Waals surface area contributed by atoms with Crippen LogP contribution in [0.15, 0.2) is 18.2 Å². The van der Waals surface area contributed by atoms with Crippen LogP contribution in [-0.4, -0.2) is 35.2 Å². The van der Waals surface area contributed by atoms with Crippen LogP contribution in [0.2, 0.25) is 5.02 Å². The third-order valence-corrected chi connectivity index (χ3v) is 3.34. The van der Waals surface area contributed by atoms with Crippen molar-refractivity contribution in [3.8, 4) is 0 Å². The van der Waals surface area contributed by atoms with Crippen LogP contribution < -0.4 is 10.6 Å². The number of aliphatic carboxylic acids is 1. The quantitative estimate of drug-likeness (QED) is 0.753. The summed E-state index contributed by atoms with van der Waals surface area (Å²) in [7, 11) is 0. The Hall–Kier alpha value is -1.47. The van der Waals surface area contributed by atoms with E-state index in [1.54, 1.807) is 0 Å². The van der Waals surface area contributed by atoms with E-state index in [1.165, 1.54) is 23.9 Å². The van der Waals surface area contributed by atoms with Gasteiger partial charge in [-0.15, -0.1) is 0 Å². The molecule has 1 aromatic carbocycles. The molecule has 1 rings (SSSR count). The zero-order chi connectivity index (χ0) is 15.1. The number of thioether (sulfide) groups is 1. The molecule has 0 aliphatic heterocycles. The number of carboxylic acids is 1. The highest BCUT2D eigenvalue weighted by Crippen LogP contribution is 2.18. The Morgan fingerprint density at radius 1 is 1.50 bits per heavy atom. The van der Waals surface area contributed by atoms with Crippen LogP contribution in [0.4, 0.5) is 14.9 Å². The Labute approximate surface area is 124 Å². The maximum absolute atomic E-state index is 13.2. The van der Waals surface area contributed by atoms with Crippen molar-refractivity contribution in [2.45, 2.75) is 12.5 Å². The molecule has 0 unspecified atom stereocenters. The molecule has 110 valence electrons. The van der Waals surface area contributed by atoms with Gasteiger partial charge in [0, 0.05) is 5.69 Å². The lowest BCUT2D eigenvalue weighted by Crippen LogP contribution is -2.43. The average molecular weight is 321 g/mol. The Balaban J connectivity index is 2.60. The van der Waals surface area contributed by atoms with Crippen LogP contribution in [0, 0.1) is 5.82 Å². The summed E-state index contributed by atoms with van der Waals surface area (Å²) in [6.07, 6.45) is 2.15. The fourth-order valence-electron chi connectivity index (χ4n) is 1.39. The zero-order valence-electron chi connectivity index (χ0n) is 10.7.